The summed E-state index contributed by atoms with van der Waals surface area (Å²) in [5.74, 6) is 1.71. The third-order valence-electron chi connectivity index (χ3n) is 4.07. The van der Waals surface area contributed by atoms with Crippen LogP contribution in [-0.4, -0.2) is 28.8 Å². The first-order valence-electron chi connectivity index (χ1n) is 6.96. The summed E-state index contributed by atoms with van der Waals surface area (Å²) in [7, 11) is 0. The smallest absolute Gasteiger partial charge is 0.203 e. The summed E-state index contributed by atoms with van der Waals surface area (Å²) in [5.41, 5.74) is 1.30. The van der Waals surface area contributed by atoms with Gasteiger partial charge in [0.1, 0.15) is 0 Å². The molecular weight excluding hydrogens is 226 g/mol. The van der Waals surface area contributed by atoms with Crippen LogP contribution in [0.2, 0.25) is 0 Å². The van der Waals surface area contributed by atoms with Crippen molar-refractivity contribution in [3.63, 3.8) is 0 Å². The summed E-state index contributed by atoms with van der Waals surface area (Å²) >= 11 is 0. The summed E-state index contributed by atoms with van der Waals surface area (Å²) in [4.78, 5) is 4.75. The second-order valence-electron chi connectivity index (χ2n) is 6.56. The largest absolute Gasteiger partial charge is 0.381 e. The molecule has 1 aromatic heterocycles. The lowest BCUT2D eigenvalue weighted by atomic mass is 9.93. The summed E-state index contributed by atoms with van der Waals surface area (Å²) in [6.07, 6.45) is 4.56. The molecule has 0 bridgehead atoms. The highest BCUT2D eigenvalue weighted by Crippen LogP contribution is 2.29. The highest BCUT2D eigenvalue weighted by atomic mass is 16.5. The van der Waals surface area contributed by atoms with Gasteiger partial charge in [-0.2, -0.15) is 0 Å². The Bertz CT molecular complexity index is 427. The highest BCUT2D eigenvalue weighted by molar-refractivity contribution is 5.34. The van der Waals surface area contributed by atoms with Crippen molar-refractivity contribution in [3.8, 4) is 0 Å². The lowest BCUT2D eigenvalue weighted by molar-refractivity contribution is 0.180. The number of hydrogen-bond donors (Lipinski definition) is 1. The molecule has 2 aliphatic heterocycles. The second-order valence-corrected chi connectivity index (χ2v) is 6.56. The van der Waals surface area contributed by atoms with Gasteiger partial charge in [-0.3, -0.25) is 0 Å². The van der Waals surface area contributed by atoms with E-state index in [1.165, 1.54) is 18.5 Å². The van der Waals surface area contributed by atoms with E-state index < -0.39 is 0 Å². The quantitative estimate of drug-likeness (QED) is 0.830. The topological polar surface area (TPSA) is 39.1 Å². The number of ether oxygens (including phenoxy) is 1. The number of fused-ring (bicyclic) bond motifs is 1. The van der Waals surface area contributed by atoms with Gasteiger partial charge in [-0.25, -0.2) is 4.98 Å². The van der Waals surface area contributed by atoms with E-state index in [9.17, 15) is 0 Å². The molecule has 0 amide bonds. The van der Waals surface area contributed by atoms with Crippen LogP contribution in [0.15, 0.2) is 6.20 Å². The molecule has 4 heteroatoms. The average Bonchev–Trinajstić information content (AvgIpc) is 2.96. The molecule has 0 aliphatic carbocycles. The van der Waals surface area contributed by atoms with Crippen LogP contribution in [0.1, 0.15) is 39.3 Å². The zero-order valence-electron chi connectivity index (χ0n) is 11.6. The summed E-state index contributed by atoms with van der Waals surface area (Å²) in [6, 6.07) is 0.537. The van der Waals surface area contributed by atoms with Crippen molar-refractivity contribution in [2.24, 2.45) is 5.92 Å². The maximum absolute atomic E-state index is 5.49. The van der Waals surface area contributed by atoms with Gasteiger partial charge >= 0.3 is 0 Å². The molecular formula is C14H23N3O. The molecule has 1 fully saturated rings. The maximum Gasteiger partial charge on any atom is 0.203 e. The molecule has 3 heterocycles. The molecule has 1 aromatic rings. The fourth-order valence-corrected chi connectivity index (χ4v) is 2.80. The Hall–Kier alpha value is -1.03. The van der Waals surface area contributed by atoms with E-state index in [2.05, 4.69) is 36.9 Å². The molecule has 100 valence electrons. The van der Waals surface area contributed by atoms with Crippen LogP contribution in [0.3, 0.4) is 0 Å². The third kappa shape index (κ3) is 2.14. The number of nitrogens with one attached hydrogen (secondary N) is 1. The van der Waals surface area contributed by atoms with Crippen molar-refractivity contribution in [2.75, 3.05) is 18.5 Å². The van der Waals surface area contributed by atoms with Gasteiger partial charge in [0.15, 0.2) is 0 Å². The van der Waals surface area contributed by atoms with Gasteiger partial charge in [0, 0.05) is 36.7 Å². The Morgan fingerprint density at radius 1 is 1.39 bits per heavy atom. The Balaban J connectivity index is 1.78. The van der Waals surface area contributed by atoms with Crippen LogP contribution in [-0.2, 0) is 16.7 Å². The molecule has 0 spiro atoms. The normalized spacial score (nSPS) is 27.9. The van der Waals surface area contributed by atoms with Crippen LogP contribution >= 0.6 is 0 Å². The van der Waals surface area contributed by atoms with Crippen molar-refractivity contribution in [3.05, 3.63) is 11.9 Å². The number of aryl methyl sites for hydroxylation is 1. The predicted molar refractivity (Wildman–Crippen MR) is 71.9 cm³/mol. The van der Waals surface area contributed by atoms with Crippen LogP contribution in [0.25, 0.3) is 0 Å². The molecule has 0 saturated carbocycles. The van der Waals surface area contributed by atoms with Gasteiger partial charge in [0.2, 0.25) is 5.95 Å². The minimum atomic E-state index is 0.123. The summed E-state index contributed by atoms with van der Waals surface area (Å²) < 4.78 is 7.75. The summed E-state index contributed by atoms with van der Waals surface area (Å²) in [6.45, 7) is 9.54. The van der Waals surface area contributed by atoms with Gasteiger partial charge in [0.25, 0.3) is 0 Å². The Morgan fingerprint density at radius 3 is 2.89 bits per heavy atom. The van der Waals surface area contributed by atoms with Gasteiger partial charge < -0.3 is 14.6 Å². The van der Waals surface area contributed by atoms with Crippen molar-refractivity contribution >= 4 is 5.95 Å². The second kappa shape index (κ2) is 4.26. The third-order valence-corrected chi connectivity index (χ3v) is 4.07. The first-order chi connectivity index (χ1) is 8.54. The molecule has 2 aliphatic rings. The number of nitrogens with zero attached hydrogens (tertiary/aromatic N) is 2. The first-order valence-corrected chi connectivity index (χ1v) is 6.96. The van der Waals surface area contributed by atoms with Crippen LogP contribution < -0.4 is 5.32 Å². The van der Waals surface area contributed by atoms with Crippen LogP contribution in [0.5, 0.6) is 0 Å². The van der Waals surface area contributed by atoms with E-state index in [0.29, 0.717) is 12.0 Å². The van der Waals surface area contributed by atoms with Crippen molar-refractivity contribution in [1.82, 2.24) is 9.55 Å². The lowest BCUT2D eigenvalue weighted by Gasteiger charge is -2.29. The minimum Gasteiger partial charge on any atom is -0.381 e. The van der Waals surface area contributed by atoms with E-state index in [1.54, 1.807) is 0 Å². The molecule has 1 saturated heterocycles. The zero-order chi connectivity index (χ0) is 12.8. The highest BCUT2D eigenvalue weighted by Gasteiger charge is 2.30. The molecule has 3 rings (SSSR count). The van der Waals surface area contributed by atoms with E-state index in [-0.39, 0.29) is 5.41 Å². The Kier molecular flexibility index (Phi) is 2.85. The standard InChI is InChI=1S/C14H23N3O/c1-14(2,3)12-8-17-6-4-11(15-13(17)16-12)10-5-7-18-9-10/h8,10-11H,4-7,9H2,1-3H3,(H,15,16). The number of hydrogen-bond acceptors (Lipinski definition) is 3. The van der Waals surface area contributed by atoms with E-state index in [1.807, 2.05) is 0 Å². The maximum atomic E-state index is 5.49. The average molecular weight is 249 g/mol. The van der Waals surface area contributed by atoms with Gasteiger partial charge in [-0.15, -0.1) is 0 Å². The van der Waals surface area contributed by atoms with Gasteiger partial charge in [-0.05, 0) is 12.8 Å². The molecule has 1 N–H and O–H groups in total. The molecule has 4 nitrogen and oxygen atoms in total. The minimum absolute atomic E-state index is 0.123. The fraction of sp³-hybridized carbons (Fsp3) is 0.786. The van der Waals surface area contributed by atoms with E-state index >= 15 is 0 Å². The number of rotatable bonds is 1. The van der Waals surface area contributed by atoms with E-state index in [0.717, 1.165) is 25.7 Å². The van der Waals surface area contributed by atoms with Crippen LogP contribution in [0, 0.1) is 5.92 Å². The van der Waals surface area contributed by atoms with Crippen molar-refractivity contribution in [2.45, 2.75) is 51.6 Å². The van der Waals surface area contributed by atoms with E-state index in [4.69, 9.17) is 9.72 Å². The molecule has 2 unspecified atom stereocenters. The van der Waals surface area contributed by atoms with Crippen molar-refractivity contribution < 1.29 is 4.74 Å². The Morgan fingerprint density at radius 2 is 2.22 bits per heavy atom. The SMILES string of the molecule is CC(C)(C)c1cn2c(n1)NC(C1CCOC1)CC2. The fourth-order valence-electron chi connectivity index (χ4n) is 2.80. The lowest BCUT2D eigenvalue weighted by Crippen LogP contribution is -2.35. The zero-order valence-corrected chi connectivity index (χ0v) is 11.6. The van der Waals surface area contributed by atoms with Crippen molar-refractivity contribution in [1.29, 1.82) is 0 Å². The number of anilines is 1. The van der Waals surface area contributed by atoms with Gasteiger partial charge in [-0.1, -0.05) is 20.8 Å². The summed E-state index contributed by atoms with van der Waals surface area (Å²) in [5, 5.41) is 3.60. The van der Waals surface area contributed by atoms with Crippen LogP contribution in [0.4, 0.5) is 5.95 Å². The monoisotopic (exact) mass is 249 g/mol. The predicted octanol–water partition coefficient (Wildman–Crippen LogP) is 2.40. The first kappa shape index (κ1) is 12.0. The molecule has 18 heavy (non-hydrogen) atoms. The molecule has 2 atom stereocenters. The molecule has 0 radical (unpaired) electrons. The number of aromatic nitrogens is 2. The van der Waals surface area contributed by atoms with Gasteiger partial charge in [0.05, 0.1) is 12.3 Å². The Labute approximate surface area is 109 Å². The number of imidazole rings is 1. The molecule has 0 aromatic carbocycles.